The van der Waals surface area contributed by atoms with Gasteiger partial charge in [-0.05, 0) is 42.4 Å². The Labute approximate surface area is 74.4 Å². The first-order valence-electron chi connectivity index (χ1n) is 5.21. The van der Waals surface area contributed by atoms with E-state index < -0.39 is 0 Å². The molecule has 0 spiro atoms. The van der Waals surface area contributed by atoms with Crippen LogP contribution in [0.5, 0.6) is 0 Å². The molecule has 0 nitrogen and oxygen atoms in total. The molecule has 3 aliphatic rings. The molecule has 3 rings (SSSR count). The molecule has 2 bridgehead atoms. The van der Waals surface area contributed by atoms with E-state index in [0.29, 0.717) is 0 Å². The molecule has 64 valence electrons. The van der Waals surface area contributed by atoms with E-state index in [9.17, 15) is 0 Å². The Bertz CT molecular complexity index is 249. The molecule has 12 heavy (non-hydrogen) atoms. The fourth-order valence-electron chi connectivity index (χ4n) is 3.41. The van der Waals surface area contributed by atoms with Crippen LogP contribution in [0, 0.1) is 29.6 Å². The van der Waals surface area contributed by atoms with Gasteiger partial charge >= 0.3 is 0 Å². The zero-order chi connectivity index (χ0) is 8.13. The van der Waals surface area contributed by atoms with E-state index in [2.05, 4.69) is 31.2 Å². The molecule has 5 unspecified atom stereocenters. The lowest BCUT2D eigenvalue weighted by atomic mass is 9.74. The number of rotatable bonds is 0. The van der Waals surface area contributed by atoms with Crippen molar-refractivity contribution in [1.82, 2.24) is 0 Å². The minimum atomic E-state index is 0.832. The number of allylic oxidation sites excluding steroid dienone is 4. The summed E-state index contributed by atoms with van der Waals surface area (Å²) in [7, 11) is 0. The summed E-state index contributed by atoms with van der Waals surface area (Å²) in [5.41, 5.74) is 0. The van der Waals surface area contributed by atoms with Crippen molar-refractivity contribution in [3.05, 3.63) is 24.3 Å². The third kappa shape index (κ3) is 0.784. The van der Waals surface area contributed by atoms with Gasteiger partial charge in [0.1, 0.15) is 0 Å². The van der Waals surface area contributed by atoms with Crippen molar-refractivity contribution in [2.75, 3.05) is 0 Å². The lowest BCUT2D eigenvalue weighted by Crippen LogP contribution is -2.23. The number of hydrogen-bond donors (Lipinski definition) is 0. The lowest BCUT2D eigenvalue weighted by molar-refractivity contribution is 0.298. The van der Waals surface area contributed by atoms with E-state index in [1.807, 2.05) is 0 Å². The van der Waals surface area contributed by atoms with Gasteiger partial charge in [0, 0.05) is 0 Å². The van der Waals surface area contributed by atoms with Gasteiger partial charge in [0.05, 0.1) is 0 Å². The van der Waals surface area contributed by atoms with Crippen LogP contribution >= 0.6 is 0 Å². The van der Waals surface area contributed by atoms with Crippen LogP contribution in [0.1, 0.15) is 19.8 Å². The summed E-state index contributed by atoms with van der Waals surface area (Å²) >= 11 is 0. The van der Waals surface area contributed by atoms with Crippen LogP contribution in [0.25, 0.3) is 0 Å². The summed E-state index contributed by atoms with van der Waals surface area (Å²) in [6.07, 6.45) is 12.7. The zero-order valence-corrected chi connectivity index (χ0v) is 7.61. The van der Waals surface area contributed by atoms with Gasteiger partial charge in [-0.25, -0.2) is 0 Å². The maximum atomic E-state index is 2.49. The first kappa shape index (κ1) is 6.94. The first-order chi connectivity index (χ1) is 5.84. The fraction of sp³-hybridized carbons (Fsp3) is 0.667. The molecule has 0 heteroatoms. The Hall–Kier alpha value is -0.520. The Morgan fingerprint density at radius 2 is 1.75 bits per heavy atom. The second kappa shape index (κ2) is 2.25. The lowest BCUT2D eigenvalue weighted by Gasteiger charge is -2.31. The van der Waals surface area contributed by atoms with Crippen molar-refractivity contribution in [3.8, 4) is 0 Å². The molecule has 0 amide bonds. The summed E-state index contributed by atoms with van der Waals surface area (Å²) in [6.45, 7) is 2.35. The molecule has 0 aromatic carbocycles. The molecule has 0 aromatic rings. The van der Waals surface area contributed by atoms with E-state index in [1.165, 1.54) is 12.8 Å². The van der Waals surface area contributed by atoms with E-state index in [0.717, 1.165) is 29.6 Å². The van der Waals surface area contributed by atoms with Crippen molar-refractivity contribution in [2.24, 2.45) is 29.6 Å². The molecule has 0 heterocycles. The molecule has 1 saturated carbocycles. The average molecular weight is 160 g/mol. The minimum absolute atomic E-state index is 0.832. The summed E-state index contributed by atoms with van der Waals surface area (Å²) in [5.74, 6) is 4.59. The van der Waals surface area contributed by atoms with Crippen LogP contribution in [0.2, 0.25) is 0 Å². The highest BCUT2D eigenvalue weighted by Gasteiger charge is 2.44. The fourth-order valence-corrected chi connectivity index (χ4v) is 3.41. The van der Waals surface area contributed by atoms with E-state index in [-0.39, 0.29) is 0 Å². The standard InChI is InChI=1S/C12H16/c1-8-2-5-11-9-3-4-10(7-9)12(11)6-8/h2-5,8-12H,6-7H2,1H3. The summed E-state index contributed by atoms with van der Waals surface area (Å²) in [5, 5.41) is 0. The van der Waals surface area contributed by atoms with Gasteiger partial charge in [0.15, 0.2) is 0 Å². The van der Waals surface area contributed by atoms with Gasteiger partial charge in [0.25, 0.3) is 0 Å². The van der Waals surface area contributed by atoms with Gasteiger partial charge in [-0.15, -0.1) is 0 Å². The highest BCUT2D eigenvalue weighted by molar-refractivity contribution is 5.20. The third-order valence-electron chi connectivity index (χ3n) is 3.99. The van der Waals surface area contributed by atoms with E-state index >= 15 is 0 Å². The highest BCUT2D eigenvalue weighted by Crippen LogP contribution is 2.52. The maximum Gasteiger partial charge on any atom is -0.0136 e. The van der Waals surface area contributed by atoms with Gasteiger partial charge in [-0.3, -0.25) is 0 Å². The van der Waals surface area contributed by atoms with Gasteiger partial charge in [0.2, 0.25) is 0 Å². The second-order valence-corrected chi connectivity index (χ2v) is 4.79. The zero-order valence-electron chi connectivity index (χ0n) is 7.61. The Kier molecular flexibility index (Phi) is 1.30. The van der Waals surface area contributed by atoms with Crippen LogP contribution in [0.3, 0.4) is 0 Å². The Balaban J connectivity index is 1.94. The molecule has 5 atom stereocenters. The molecule has 0 N–H and O–H groups in total. The second-order valence-electron chi connectivity index (χ2n) is 4.79. The number of hydrogen-bond acceptors (Lipinski definition) is 0. The molecular weight excluding hydrogens is 144 g/mol. The monoisotopic (exact) mass is 160 g/mol. The van der Waals surface area contributed by atoms with Crippen molar-refractivity contribution in [1.29, 1.82) is 0 Å². The van der Waals surface area contributed by atoms with Crippen LogP contribution in [0.15, 0.2) is 24.3 Å². The summed E-state index contributed by atoms with van der Waals surface area (Å²) in [6, 6.07) is 0. The first-order valence-corrected chi connectivity index (χ1v) is 5.21. The van der Waals surface area contributed by atoms with Gasteiger partial charge in [-0.2, -0.15) is 0 Å². The molecular formula is C12H16. The average Bonchev–Trinajstić information content (AvgIpc) is 2.63. The van der Waals surface area contributed by atoms with Crippen LogP contribution in [-0.4, -0.2) is 0 Å². The Morgan fingerprint density at radius 3 is 2.67 bits per heavy atom. The molecule has 0 aromatic heterocycles. The maximum absolute atomic E-state index is 2.49. The van der Waals surface area contributed by atoms with Crippen LogP contribution in [0.4, 0.5) is 0 Å². The molecule has 0 saturated heterocycles. The smallest absolute Gasteiger partial charge is 0.0136 e. The van der Waals surface area contributed by atoms with Crippen molar-refractivity contribution >= 4 is 0 Å². The highest BCUT2D eigenvalue weighted by atomic mass is 14.5. The van der Waals surface area contributed by atoms with Crippen molar-refractivity contribution in [3.63, 3.8) is 0 Å². The van der Waals surface area contributed by atoms with Crippen LogP contribution < -0.4 is 0 Å². The van der Waals surface area contributed by atoms with E-state index in [4.69, 9.17) is 0 Å². The molecule has 0 radical (unpaired) electrons. The number of fused-ring (bicyclic) bond motifs is 5. The van der Waals surface area contributed by atoms with Crippen LogP contribution in [-0.2, 0) is 0 Å². The van der Waals surface area contributed by atoms with Crippen molar-refractivity contribution < 1.29 is 0 Å². The molecule has 0 aliphatic heterocycles. The Morgan fingerprint density at radius 1 is 0.917 bits per heavy atom. The predicted octanol–water partition coefficient (Wildman–Crippen LogP) is 3.02. The van der Waals surface area contributed by atoms with Gasteiger partial charge in [-0.1, -0.05) is 31.2 Å². The predicted molar refractivity (Wildman–Crippen MR) is 50.6 cm³/mol. The minimum Gasteiger partial charge on any atom is -0.0854 e. The topological polar surface area (TPSA) is 0 Å². The van der Waals surface area contributed by atoms with Crippen molar-refractivity contribution in [2.45, 2.75) is 19.8 Å². The van der Waals surface area contributed by atoms with E-state index in [1.54, 1.807) is 0 Å². The summed E-state index contributed by atoms with van der Waals surface area (Å²) in [4.78, 5) is 0. The molecule has 1 fully saturated rings. The molecule has 3 aliphatic carbocycles. The summed E-state index contributed by atoms with van der Waals surface area (Å²) < 4.78 is 0. The third-order valence-corrected chi connectivity index (χ3v) is 3.99. The normalized spacial score (nSPS) is 54.6. The van der Waals surface area contributed by atoms with Gasteiger partial charge < -0.3 is 0 Å². The largest absolute Gasteiger partial charge is 0.0854 e. The quantitative estimate of drug-likeness (QED) is 0.478. The SMILES string of the molecule is CC1C=CC2C3C=CC(C3)C2C1.